The van der Waals surface area contributed by atoms with Gasteiger partial charge in [-0.25, -0.2) is 14.8 Å². The lowest BCUT2D eigenvalue weighted by atomic mass is 10.1. The Bertz CT molecular complexity index is 835. The van der Waals surface area contributed by atoms with Gasteiger partial charge in [-0.05, 0) is 0 Å². The van der Waals surface area contributed by atoms with Crippen LogP contribution in [0.1, 0.15) is 12.0 Å². The fraction of sp³-hybridized carbons (Fsp3) is 0.235. The van der Waals surface area contributed by atoms with E-state index in [0.29, 0.717) is 30.2 Å². The van der Waals surface area contributed by atoms with E-state index >= 15 is 0 Å². The molecule has 2 amide bonds. The number of amides is 2. The zero-order chi connectivity index (χ0) is 18.7. The number of hydrogen-bond donors (Lipinski definition) is 3. The van der Waals surface area contributed by atoms with E-state index in [9.17, 15) is 9.59 Å². The molecule has 9 heteroatoms. The lowest BCUT2D eigenvalue weighted by Gasteiger charge is -2.17. The molecule has 1 aliphatic heterocycles. The van der Waals surface area contributed by atoms with Gasteiger partial charge in [0.2, 0.25) is 0 Å². The van der Waals surface area contributed by atoms with Gasteiger partial charge in [0.05, 0.1) is 24.5 Å². The first kappa shape index (κ1) is 17.3. The van der Waals surface area contributed by atoms with E-state index in [1.165, 1.54) is 9.80 Å². The minimum Gasteiger partial charge on any atom is -0.481 e. The third kappa shape index (κ3) is 3.61. The molecule has 2 aromatic rings. The number of urea groups is 1. The summed E-state index contributed by atoms with van der Waals surface area (Å²) in [5, 5.41) is 16.1. The van der Waals surface area contributed by atoms with Crippen molar-refractivity contribution in [2.75, 3.05) is 24.5 Å². The summed E-state index contributed by atoms with van der Waals surface area (Å²) in [5.41, 5.74) is 7.39. The number of nitrogen functional groups attached to an aromatic ring is 1. The number of nitrogens with zero attached hydrogens (tertiary/aromatic N) is 4. The van der Waals surface area contributed by atoms with Crippen molar-refractivity contribution in [3.63, 3.8) is 0 Å². The third-order valence-corrected chi connectivity index (χ3v) is 4.09. The van der Waals surface area contributed by atoms with Crippen LogP contribution in [0, 0.1) is 5.41 Å². The normalized spacial score (nSPS) is 13.9. The molecule has 9 nitrogen and oxygen atoms in total. The maximum atomic E-state index is 12.3. The number of aromatic nitrogens is 2. The predicted octanol–water partition coefficient (Wildman–Crippen LogP) is 1.14. The second-order valence-corrected chi connectivity index (χ2v) is 5.82. The second kappa shape index (κ2) is 7.18. The van der Waals surface area contributed by atoms with Crippen LogP contribution in [0.15, 0.2) is 36.7 Å². The zero-order valence-corrected chi connectivity index (χ0v) is 13.9. The molecule has 26 heavy (non-hydrogen) atoms. The number of nitrogens with one attached hydrogen (secondary N) is 1. The molecule has 1 aromatic heterocycles. The van der Waals surface area contributed by atoms with E-state index in [-0.39, 0.29) is 24.8 Å². The highest BCUT2D eigenvalue weighted by Gasteiger charge is 2.30. The van der Waals surface area contributed by atoms with Gasteiger partial charge in [-0.1, -0.05) is 24.3 Å². The zero-order valence-electron chi connectivity index (χ0n) is 13.9. The molecule has 1 fully saturated rings. The van der Waals surface area contributed by atoms with Gasteiger partial charge in [0.25, 0.3) is 0 Å². The number of nitrogens with two attached hydrogens (primary N) is 1. The molecule has 0 aliphatic carbocycles. The Kier molecular flexibility index (Phi) is 4.78. The average Bonchev–Trinajstić information content (AvgIpc) is 3.01. The van der Waals surface area contributed by atoms with Crippen molar-refractivity contribution in [2.24, 2.45) is 5.73 Å². The van der Waals surface area contributed by atoms with Crippen molar-refractivity contribution < 1.29 is 14.7 Å². The van der Waals surface area contributed by atoms with E-state index in [4.69, 9.17) is 16.2 Å². The predicted molar refractivity (Wildman–Crippen MR) is 95.1 cm³/mol. The van der Waals surface area contributed by atoms with Gasteiger partial charge >= 0.3 is 12.0 Å². The minimum atomic E-state index is -0.931. The molecule has 0 unspecified atom stereocenters. The molecule has 134 valence electrons. The van der Waals surface area contributed by atoms with Crippen molar-refractivity contribution in [1.82, 2.24) is 14.9 Å². The number of aliphatic carboxylic acids is 1. The Morgan fingerprint density at radius 3 is 2.42 bits per heavy atom. The Balaban J connectivity index is 1.70. The number of amidine groups is 1. The van der Waals surface area contributed by atoms with Gasteiger partial charge in [0.1, 0.15) is 5.84 Å². The number of anilines is 1. The van der Waals surface area contributed by atoms with Crippen LogP contribution in [0.4, 0.5) is 10.5 Å². The first-order chi connectivity index (χ1) is 12.5. The summed E-state index contributed by atoms with van der Waals surface area (Å²) in [5.74, 6) is -0.439. The summed E-state index contributed by atoms with van der Waals surface area (Å²) in [6.45, 7) is 1.13. The second-order valence-electron chi connectivity index (χ2n) is 5.82. The smallest absolute Gasteiger partial charge is 0.324 e. The van der Waals surface area contributed by atoms with Gasteiger partial charge in [0, 0.05) is 30.8 Å². The highest BCUT2D eigenvalue weighted by Crippen LogP contribution is 2.21. The molecule has 1 aliphatic rings. The largest absolute Gasteiger partial charge is 0.481 e. The number of hydrogen-bond acceptors (Lipinski definition) is 5. The van der Waals surface area contributed by atoms with Gasteiger partial charge in [-0.15, -0.1) is 0 Å². The van der Waals surface area contributed by atoms with Gasteiger partial charge in [-0.2, -0.15) is 0 Å². The van der Waals surface area contributed by atoms with E-state index in [1.54, 1.807) is 36.7 Å². The lowest BCUT2D eigenvalue weighted by Crippen LogP contribution is -2.33. The van der Waals surface area contributed by atoms with Crippen LogP contribution in [-0.4, -0.2) is 57.4 Å². The lowest BCUT2D eigenvalue weighted by molar-refractivity contribution is -0.137. The fourth-order valence-electron chi connectivity index (χ4n) is 2.67. The van der Waals surface area contributed by atoms with Crippen molar-refractivity contribution in [2.45, 2.75) is 6.42 Å². The molecule has 0 spiro atoms. The summed E-state index contributed by atoms with van der Waals surface area (Å²) in [6.07, 6.45) is 3.06. The van der Waals surface area contributed by atoms with Crippen LogP contribution in [0.2, 0.25) is 0 Å². The van der Waals surface area contributed by atoms with Gasteiger partial charge < -0.3 is 15.7 Å². The number of carbonyl (C=O) groups is 2. The molecular weight excluding hydrogens is 336 g/mol. The maximum absolute atomic E-state index is 12.3. The van der Waals surface area contributed by atoms with Crippen LogP contribution in [-0.2, 0) is 4.79 Å². The van der Waals surface area contributed by atoms with E-state index < -0.39 is 5.97 Å². The Morgan fingerprint density at radius 1 is 1.19 bits per heavy atom. The van der Waals surface area contributed by atoms with E-state index in [0.717, 1.165) is 5.56 Å². The first-order valence-electron chi connectivity index (χ1n) is 8.01. The summed E-state index contributed by atoms with van der Waals surface area (Å²) in [6, 6.07) is 6.76. The quantitative estimate of drug-likeness (QED) is 0.526. The summed E-state index contributed by atoms with van der Waals surface area (Å²) in [7, 11) is 0. The monoisotopic (exact) mass is 354 g/mol. The first-order valence-corrected chi connectivity index (χ1v) is 8.01. The van der Waals surface area contributed by atoms with Crippen molar-refractivity contribution >= 4 is 23.5 Å². The van der Waals surface area contributed by atoms with Crippen LogP contribution < -0.4 is 10.6 Å². The number of rotatable bonds is 6. The van der Waals surface area contributed by atoms with Crippen molar-refractivity contribution in [3.8, 4) is 11.4 Å². The third-order valence-electron chi connectivity index (χ3n) is 4.09. The molecule has 0 bridgehead atoms. The molecule has 0 saturated carbocycles. The highest BCUT2D eigenvalue weighted by atomic mass is 16.4. The number of carbonyl (C=O) groups excluding carboxylic acids is 1. The van der Waals surface area contributed by atoms with Gasteiger partial charge in [-0.3, -0.25) is 15.1 Å². The van der Waals surface area contributed by atoms with Crippen LogP contribution >= 0.6 is 0 Å². The Labute approximate surface area is 149 Å². The SMILES string of the molecule is N=C(N)c1ccc(-c2ncc(N3CCN(CCC(=O)O)C3=O)cn2)cc1. The molecule has 2 heterocycles. The van der Waals surface area contributed by atoms with E-state index in [2.05, 4.69) is 9.97 Å². The topological polar surface area (TPSA) is 136 Å². The summed E-state index contributed by atoms with van der Waals surface area (Å²) < 4.78 is 0. The van der Waals surface area contributed by atoms with Crippen molar-refractivity contribution in [3.05, 3.63) is 42.2 Å². The van der Waals surface area contributed by atoms with Crippen molar-refractivity contribution in [1.29, 1.82) is 5.41 Å². The maximum Gasteiger partial charge on any atom is 0.324 e. The average molecular weight is 354 g/mol. The van der Waals surface area contributed by atoms with Crippen LogP contribution in [0.5, 0.6) is 0 Å². The number of benzene rings is 1. The molecule has 4 N–H and O–H groups in total. The molecule has 0 atom stereocenters. The standard InChI is InChI=1S/C17H18N6O3/c18-15(19)11-1-3-12(4-2-11)16-20-9-13(10-21-16)23-8-7-22(17(23)26)6-5-14(24)25/h1-4,9-10H,5-8H2,(H3,18,19)(H,24,25). The van der Waals surface area contributed by atoms with Crippen LogP contribution in [0.25, 0.3) is 11.4 Å². The van der Waals surface area contributed by atoms with E-state index in [1.807, 2.05) is 0 Å². The minimum absolute atomic E-state index is 0.00665. The Hall–Kier alpha value is -3.49. The molecule has 1 aromatic carbocycles. The molecule has 3 rings (SSSR count). The molecule has 1 saturated heterocycles. The van der Waals surface area contributed by atoms with Gasteiger partial charge in [0.15, 0.2) is 5.82 Å². The summed E-state index contributed by atoms with van der Waals surface area (Å²) in [4.78, 5) is 34.6. The number of carboxylic acids is 1. The van der Waals surface area contributed by atoms with Crippen LogP contribution in [0.3, 0.4) is 0 Å². The highest BCUT2D eigenvalue weighted by molar-refractivity contribution is 5.95. The Morgan fingerprint density at radius 2 is 1.85 bits per heavy atom. The number of carboxylic acid groups (broad SMARTS) is 1. The molecule has 0 radical (unpaired) electrons. The fourth-order valence-corrected chi connectivity index (χ4v) is 2.67. The summed E-state index contributed by atoms with van der Waals surface area (Å²) >= 11 is 0. The molecular formula is C17H18N6O3.